The van der Waals surface area contributed by atoms with Gasteiger partial charge in [0.25, 0.3) is 11.8 Å². The molecule has 1 aliphatic rings. The maximum absolute atomic E-state index is 12.2. The van der Waals surface area contributed by atoms with Crippen LogP contribution in [0.3, 0.4) is 0 Å². The quantitative estimate of drug-likeness (QED) is 0.596. The number of rotatable bonds is 6. The molecule has 3 rings (SSSR count). The number of nitrogens with zero attached hydrogens (tertiary/aromatic N) is 2. The van der Waals surface area contributed by atoms with E-state index in [2.05, 4.69) is 5.16 Å². The molecule has 24 heavy (non-hydrogen) atoms. The monoisotopic (exact) mass is 328 g/mol. The molecule has 124 valence electrons. The van der Waals surface area contributed by atoms with Crippen molar-refractivity contribution < 1.29 is 23.6 Å². The number of hydrogen-bond donors (Lipinski definition) is 0. The lowest BCUT2D eigenvalue weighted by Gasteiger charge is -2.13. The summed E-state index contributed by atoms with van der Waals surface area (Å²) in [7, 11) is 0. The summed E-state index contributed by atoms with van der Waals surface area (Å²) in [6, 6.07) is 8.38. The third-order valence-corrected chi connectivity index (χ3v) is 3.70. The number of carbonyl (C=O) groups is 3. The Balaban J connectivity index is 1.46. The highest BCUT2D eigenvalue weighted by Gasteiger charge is 2.34. The Kier molecular flexibility index (Phi) is 4.41. The molecule has 2 heterocycles. The molecule has 1 aromatic carbocycles. The zero-order chi connectivity index (χ0) is 17.1. The van der Waals surface area contributed by atoms with E-state index in [9.17, 15) is 14.4 Å². The highest BCUT2D eigenvalue weighted by atomic mass is 16.5. The number of aryl methyl sites for hydroxylation is 1. The van der Waals surface area contributed by atoms with Crippen molar-refractivity contribution in [2.75, 3.05) is 6.54 Å². The zero-order valence-electron chi connectivity index (χ0n) is 13.2. The molecule has 0 bridgehead atoms. The maximum Gasteiger partial charge on any atom is 0.306 e. The van der Waals surface area contributed by atoms with Crippen molar-refractivity contribution >= 4 is 17.8 Å². The lowest BCUT2D eigenvalue weighted by atomic mass is 10.1. The van der Waals surface area contributed by atoms with Crippen LogP contribution in [0.5, 0.6) is 0 Å². The van der Waals surface area contributed by atoms with Gasteiger partial charge in [-0.2, -0.15) is 0 Å². The standard InChI is InChI=1S/C17H16N2O5/c1-11-9-12(18-24-11)10-23-15(20)7-4-8-19-16(21)13-5-2-3-6-14(13)17(19)22/h2-3,5-6,9H,4,7-8,10H2,1H3. The first-order valence-corrected chi connectivity index (χ1v) is 7.59. The van der Waals surface area contributed by atoms with Crippen LogP contribution in [-0.4, -0.2) is 34.4 Å². The molecule has 2 amide bonds. The van der Waals surface area contributed by atoms with Gasteiger partial charge in [0.15, 0.2) is 0 Å². The molecule has 1 aliphatic heterocycles. The van der Waals surface area contributed by atoms with Gasteiger partial charge in [-0.3, -0.25) is 19.3 Å². The van der Waals surface area contributed by atoms with Gasteiger partial charge in [0.2, 0.25) is 0 Å². The van der Waals surface area contributed by atoms with Crippen LogP contribution in [0, 0.1) is 6.92 Å². The predicted molar refractivity (Wildman–Crippen MR) is 82.1 cm³/mol. The van der Waals surface area contributed by atoms with Gasteiger partial charge in [-0.25, -0.2) is 0 Å². The van der Waals surface area contributed by atoms with E-state index < -0.39 is 5.97 Å². The summed E-state index contributed by atoms with van der Waals surface area (Å²) in [5.74, 6) is -0.400. The number of fused-ring (bicyclic) bond motifs is 1. The average molecular weight is 328 g/mol. The first-order valence-electron chi connectivity index (χ1n) is 7.59. The molecule has 7 heteroatoms. The largest absolute Gasteiger partial charge is 0.459 e. The minimum absolute atomic E-state index is 0.0448. The summed E-state index contributed by atoms with van der Waals surface area (Å²) in [6.07, 6.45) is 0.465. The van der Waals surface area contributed by atoms with Crippen LogP contribution in [0.2, 0.25) is 0 Å². The van der Waals surface area contributed by atoms with E-state index >= 15 is 0 Å². The normalized spacial score (nSPS) is 13.3. The van der Waals surface area contributed by atoms with Crippen LogP contribution in [0.25, 0.3) is 0 Å². The van der Waals surface area contributed by atoms with E-state index in [1.165, 1.54) is 4.90 Å². The summed E-state index contributed by atoms with van der Waals surface area (Å²) in [4.78, 5) is 37.2. The molecule has 0 saturated heterocycles. The molecule has 0 unspecified atom stereocenters. The molecule has 0 radical (unpaired) electrons. The first-order chi connectivity index (χ1) is 11.6. The fourth-order valence-corrected chi connectivity index (χ4v) is 2.54. The Morgan fingerprint density at radius 3 is 2.46 bits per heavy atom. The van der Waals surface area contributed by atoms with E-state index in [1.807, 2.05) is 0 Å². The molecular weight excluding hydrogens is 312 g/mol. The molecule has 1 aromatic heterocycles. The number of amides is 2. The van der Waals surface area contributed by atoms with Crippen LogP contribution in [0.1, 0.15) is 45.0 Å². The number of aromatic nitrogens is 1. The fourth-order valence-electron chi connectivity index (χ4n) is 2.54. The molecule has 0 saturated carbocycles. The van der Waals surface area contributed by atoms with E-state index in [0.29, 0.717) is 29.0 Å². The van der Waals surface area contributed by atoms with E-state index in [-0.39, 0.29) is 31.4 Å². The number of esters is 1. The third kappa shape index (κ3) is 3.19. The van der Waals surface area contributed by atoms with Gasteiger partial charge >= 0.3 is 5.97 Å². The van der Waals surface area contributed by atoms with Crippen LogP contribution in [-0.2, 0) is 16.1 Å². The van der Waals surface area contributed by atoms with Crippen molar-refractivity contribution in [2.24, 2.45) is 0 Å². The van der Waals surface area contributed by atoms with Crippen LogP contribution in [0.15, 0.2) is 34.9 Å². The van der Waals surface area contributed by atoms with Crippen molar-refractivity contribution in [2.45, 2.75) is 26.4 Å². The Labute approximate surface area is 138 Å². The first kappa shape index (κ1) is 15.9. The highest BCUT2D eigenvalue weighted by molar-refractivity contribution is 6.21. The third-order valence-electron chi connectivity index (χ3n) is 3.70. The molecule has 0 spiro atoms. The van der Waals surface area contributed by atoms with Gasteiger partial charge in [0.1, 0.15) is 18.1 Å². The number of benzene rings is 1. The summed E-state index contributed by atoms with van der Waals surface area (Å²) in [6.45, 7) is 1.98. The van der Waals surface area contributed by atoms with Gasteiger partial charge in [-0.05, 0) is 25.5 Å². The Morgan fingerprint density at radius 1 is 1.21 bits per heavy atom. The fraction of sp³-hybridized carbons (Fsp3) is 0.294. The smallest absolute Gasteiger partial charge is 0.306 e. The number of hydrogen-bond acceptors (Lipinski definition) is 6. The van der Waals surface area contributed by atoms with Crippen molar-refractivity contribution in [3.05, 3.63) is 52.9 Å². The van der Waals surface area contributed by atoms with Crippen LogP contribution in [0.4, 0.5) is 0 Å². The lowest BCUT2D eigenvalue weighted by Crippen LogP contribution is -2.31. The van der Waals surface area contributed by atoms with Crippen molar-refractivity contribution in [1.29, 1.82) is 0 Å². The van der Waals surface area contributed by atoms with Crippen molar-refractivity contribution in [1.82, 2.24) is 10.1 Å². The minimum atomic E-state index is -0.410. The Bertz CT molecular complexity index is 761. The summed E-state index contributed by atoms with van der Waals surface area (Å²) in [5, 5.41) is 3.72. The topological polar surface area (TPSA) is 89.7 Å². The van der Waals surface area contributed by atoms with E-state index in [1.54, 1.807) is 37.3 Å². The Morgan fingerprint density at radius 2 is 1.88 bits per heavy atom. The lowest BCUT2D eigenvalue weighted by molar-refractivity contribution is -0.145. The van der Waals surface area contributed by atoms with E-state index in [4.69, 9.17) is 9.26 Å². The van der Waals surface area contributed by atoms with Crippen molar-refractivity contribution in [3.8, 4) is 0 Å². The van der Waals surface area contributed by atoms with Gasteiger partial charge in [0.05, 0.1) is 11.1 Å². The van der Waals surface area contributed by atoms with Crippen molar-refractivity contribution in [3.63, 3.8) is 0 Å². The zero-order valence-corrected chi connectivity index (χ0v) is 13.2. The molecule has 7 nitrogen and oxygen atoms in total. The molecule has 0 atom stereocenters. The van der Waals surface area contributed by atoms with Gasteiger partial charge in [0, 0.05) is 19.0 Å². The molecular formula is C17H16N2O5. The number of imide groups is 1. The minimum Gasteiger partial charge on any atom is -0.459 e. The molecule has 0 aliphatic carbocycles. The summed E-state index contributed by atoms with van der Waals surface area (Å²) < 4.78 is 9.95. The second kappa shape index (κ2) is 6.66. The number of ether oxygens (including phenoxy) is 1. The van der Waals surface area contributed by atoms with Gasteiger partial charge < -0.3 is 9.26 Å². The average Bonchev–Trinajstić information content (AvgIpc) is 3.10. The highest BCUT2D eigenvalue weighted by Crippen LogP contribution is 2.22. The van der Waals surface area contributed by atoms with Crippen LogP contribution < -0.4 is 0 Å². The summed E-state index contributed by atoms with van der Waals surface area (Å²) >= 11 is 0. The summed E-state index contributed by atoms with van der Waals surface area (Å²) in [5.41, 5.74) is 1.36. The maximum atomic E-state index is 12.2. The predicted octanol–water partition coefficient (Wildman–Crippen LogP) is 2.10. The molecule has 0 fully saturated rings. The SMILES string of the molecule is Cc1cc(COC(=O)CCCN2C(=O)c3ccccc3C2=O)no1. The Hall–Kier alpha value is -2.96. The second-order valence-electron chi connectivity index (χ2n) is 5.50. The second-order valence-corrected chi connectivity index (χ2v) is 5.50. The molecule has 2 aromatic rings. The van der Waals surface area contributed by atoms with E-state index in [0.717, 1.165) is 0 Å². The number of carbonyl (C=O) groups excluding carboxylic acids is 3. The van der Waals surface area contributed by atoms with Crippen LogP contribution >= 0.6 is 0 Å². The van der Waals surface area contributed by atoms with Gasteiger partial charge in [-0.1, -0.05) is 17.3 Å². The van der Waals surface area contributed by atoms with Gasteiger partial charge in [-0.15, -0.1) is 0 Å². The molecule has 0 N–H and O–H groups in total.